The van der Waals surface area contributed by atoms with Gasteiger partial charge in [-0.05, 0) is 96.0 Å². The summed E-state index contributed by atoms with van der Waals surface area (Å²) in [4.78, 5) is 62.0. The SMILES string of the molecule is CCCCC/C=C\C/C=C\C/C=C\C/C=C\C/C=C\CCC(=O)O[C@H](COC(=O)CCC/C=C\CC1OC1C/C=C\C/C=C\CCCCC)COP(=O)(O)OP(=O)(O)OC[C@H]1O[C@@H](n2ccc(N)nc2=O)[C@H](O)[C@@H]1O. The Kier molecular flexibility index (Phi) is 33.1. The van der Waals surface area contributed by atoms with Crippen molar-refractivity contribution >= 4 is 33.4 Å². The van der Waals surface area contributed by atoms with Gasteiger partial charge in [-0.2, -0.15) is 9.29 Å². The Hall–Kier alpha value is -4.36. The fraction of sp³-hybridized carbons (Fsp3) is 0.593. The third kappa shape index (κ3) is 30.2. The molecule has 9 atom stereocenters. The molecule has 2 aliphatic rings. The van der Waals surface area contributed by atoms with E-state index in [-0.39, 0.29) is 30.9 Å². The first-order valence-corrected chi connectivity index (χ1v) is 29.4. The molecule has 0 spiro atoms. The molecule has 0 aliphatic carbocycles. The number of anilines is 1. The molecule has 19 nitrogen and oxygen atoms in total. The summed E-state index contributed by atoms with van der Waals surface area (Å²) in [6.45, 7) is 1.95. The van der Waals surface area contributed by atoms with E-state index in [4.69, 9.17) is 33.7 Å². The summed E-state index contributed by atoms with van der Waals surface area (Å²) in [6, 6.07) is 1.24. The van der Waals surface area contributed by atoms with Crippen molar-refractivity contribution in [3.63, 3.8) is 0 Å². The highest BCUT2D eigenvalue weighted by Gasteiger charge is 2.46. The van der Waals surface area contributed by atoms with E-state index >= 15 is 0 Å². The number of nitrogens with two attached hydrogens (primary N) is 1. The van der Waals surface area contributed by atoms with E-state index in [0.29, 0.717) is 25.7 Å². The van der Waals surface area contributed by atoms with Gasteiger partial charge in [0, 0.05) is 19.0 Å². The zero-order valence-electron chi connectivity index (χ0n) is 43.8. The minimum absolute atomic E-state index is 0.0217. The lowest BCUT2D eigenvalue weighted by Crippen LogP contribution is -2.36. The Labute approximate surface area is 443 Å². The summed E-state index contributed by atoms with van der Waals surface area (Å²) in [5.41, 5.74) is 4.58. The minimum Gasteiger partial charge on any atom is -0.462 e. The molecule has 0 radical (unpaired) electrons. The van der Waals surface area contributed by atoms with Crippen molar-refractivity contribution in [2.75, 3.05) is 25.6 Å². The van der Waals surface area contributed by atoms with E-state index in [2.05, 4.69) is 83.9 Å². The van der Waals surface area contributed by atoms with Gasteiger partial charge < -0.3 is 44.7 Å². The summed E-state index contributed by atoms with van der Waals surface area (Å²) < 4.78 is 62.5. The first kappa shape index (κ1) is 64.9. The summed E-state index contributed by atoms with van der Waals surface area (Å²) >= 11 is 0. The molecule has 3 heterocycles. The minimum atomic E-state index is -5.46. The van der Waals surface area contributed by atoms with Crippen molar-refractivity contribution in [2.24, 2.45) is 0 Å². The van der Waals surface area contributed by atoms with Crippen LogP contribution in [-0.4, -0.2) is 97.9 Å². The summed E-state index contributed by atoms with van der Waals surface area (Å²) in [6.07, 6.45) is 43.8. The highest BCUT2D eigenvalue weighted by molar-refractivity contribution is 7.61. The number of phosphoric acid groups is 2. The van der Waals surface area contributed by atoms with Gasteiger partial charge in [-0.1, -0.05) is 137 Å². The number of aliphatic hydroxyl groups excluding tert-OH is 2. The number of hydrogen-bond donors (Lipinski definition) is 5. The lowest BCUT2D eigenvalue weighted by Gasteiger charge is -2.21. The topological polar surface area (TPSA) is 278 Å². The molecular weight excluding hydrogens is 1010 g/mol. The number of nitrogen functional groups attached to an aromatic ring is 1. The third-order valence-corrected chi connectivity index (χ3v) is 14.2. The van der Waals surface area contributed by atoms with Gasteiger partial charge in [-0.3, -0.25) is 23.2 Å². The van der Waals surface area contributed by atoms with E-state index in [9.17, 15) is 43.5 Å². The highest BCUT2D eigenvalue weighted by Crippen LogP contribution is 2.60. The van der Waals surface area contributed by atoms with Crippen LogP contribution >= 0.6 is 15.6 Å². The van der Waals surface area contributed by atoms with Crippen molar-refractivity contribution in [1.29, 1.82) is 0 Å². The number of aliphatic hydroxyl groups is 2. The first-order valence-electron chi connectivity index (χ1n) is 26.4. The molecule has 3 rings (SSSR count). The zero-order chi connectivity index (χ0) is 54.6. The second kappa shape index (κ2) is 38.2. The average molecular weight is 1090 g/mol. The van der Waals surface area contributed by atoms with Crippen molar-refractivity contribution in [2.45, 2.75) is 185 Å². The molecule has 1 aromatic heterocycles. The molecule has 4 unspecified atom stereocenters. The van der Waals surface area contributed by atoms with E-state index in [1.54, 1.807) is 6.08 Å². The molecule has 2 fully saturated rings. The maximum atomic E-state index is 12.9. The molecule has 2 saturated heterocycles. The number of carbonyl (C=O) groups excluding carboxylic acids is 2. The molecule has 75 heavy (non-hydrogen) atoms. The van der Waals surface area contributed by atoms with E-state index < -0.39 is 83.7 Å². The maximum Gasteiger partial charge on any atom is 0.481 e. The van der Waals surface area contributed by atoms with Crippen LogP contribution in [0.2, 0.25) is 0 Å². The van der Waals surface area contributed by atoms with Gasteiger partial charge in [0.2, 0.25) is 0 Å². The van der Waals surface area contributed by atoms with Crippen LogP contribution in [0.1, 0.15) is 148 Å². The van der Waals surface area contributed by atoms with Crippen LogP contribution in [0.15, 0.2) is 114 Å². The number of hydrogen-bond acceptors (Lipinski definition) is 16. The number of carbonyl (C=O) groups is 2. The van der Waals surface area contributed by atoms with Gasteiger partial charge in [0.05, 0.1) is 25.4 Å². The Morgan fingerprint density at radius 2 is 1.16 bits per heavy atom. The van der Waals surface area contributed by atoms with Gasteiger partial charge in [-0.25, -0.2) is 13.9 Å². The summed E-state index contributed by atoms with van der Waals surface area (Å²) in [7, 11) is -10.9. The smallest absolute Gasteiger partial charge is 0.462 e. The first-order chi connectivity index (χ1) is 36.1. The Bertz CT molecular complexity index is 2210. The molecule has 0 aromatic carbocycles. The van der Waals surface area contributed by atoms with Crippen molar-refractivity contribution in [3.05, 3.63) is 120 Å². The van der Waals surface area contributed by atoms with Crippen LogP contribution in [-0.2, 0) is 51.0 Å². The number of esters is 2. The maximum absolute atomic E-state index is 12.9. The molecule has 420 valence electrons. The number of allylic oxidation sites excluding steroid dienone is 14. The van der Waals surface area contributed by atoms with Crippen molar-refractivity contribution in [3.8, 4) is 0 Å². The second-order valence-corrected chi connectivity index (χ2v) is 21.1. The Morgan fingerprint density at radius 3 is 1.73 bits per heavy atom. The fourth-order valence-corrected chi connectivity index (χ4v) is 9.44. The van der Waals surface area contributed by atoms with Gasteiger partial charge in [0.25, 0.3) is 0 Å². The lowest BCUT2D eigenvalue weighted by atomic mass is 10.1. The number of epoxide rings is 1. The van der Waals surface area contributed by atoms with Gasteiger partial charge in [-0.15, -0.1) is 0 Å². The molecule has 0 bridgehead atoms. The molecule has 0 saturated carbocycles. The molecule has 6 N–H and O–H groups in total. The Balaban J connectivity index is 1.44. The second-order valence-electron chi connectivity index (χ2n) is 18.1. The highest BCUT2D eigenvalue weighted by atomic mass is 31.3. The van der Waals surface area contributed by atoms with Gasteiger partial charge in [0.15, 0.2) is 12.3 Å². The number of nitrogens with zero attached hydrogens (tertiary/aromatic N) is 2. The van der Waals surface area contributed by atoms with E-state index in [0.717, 1.165) is 62.1 Å². The monoisotopic (exact) mass is 1090 g/mol. The van der Waals surface area contributed by atoms with E-state index in [1.165, 1.54) is 44.6 Å². The number of aromatic nitrogens is 2. The summed E-state index contributed by atoms with van der Waals surface area (Å²) in [5.74, 6) is -1.48. The van der Waals surface area contributed by atoms with Crippen LogP contribution in [0, 0.1) is 0 Å². The number of phosphoric ester groups is 2. The van der Waals surface area contributed by atoms with Crippen molar-refractivity contribution in [1.82, 2.24) is 9.55 Å². The molecule has 1 aromatic rings. The predicted octanol–water partition coefficient (Wildman–Crippen LogP) is 10.2. The van der Waals surface area contributed by atoms with Crippen LogP contribution in [0.4, 0.5) is 5.82 Å². The van der Waals surface area contributed by atoms with Crippen LogP contribution in [0.5, 0.6) is 0 Å². The van der Waals surface area contributed by atoms with E-state index in [1.807, 2.05) is 30.4 Å². The molecule has 2 aliphatic heterocycles. The quantitative estimate of drug-likeness (QED) is 0.0134. The Morgan fingerprint density at radius 1 is 0.653 bits per heavy atom. The van der Waals surface area contributed by atoms with Crippen LogP contribution in [0.3, 0.4) is 0 Å². The number of ether oxygens (including phenoxy) is 4. The lowest BCUT2D eigenvalue weighted by molar-refractivity contribution is -0.161. The third-order valence-electron chi connectivity index (χ3n) is 11.6. The molecular formula is C54H83N3O16P2. The predicted molar refractivity (Wildman–Crippen MR) is 288 cm³/mol. The normalized spacial score (nSPS) is 22.3. The number of rotatable bonds is 41. The van der Waals surface area contributed by atoms with Crippen LogP contribution in [0.25, 0.3) is 0 Å². The van der Waals surface area contributed by atoms with Crippen molar-refractivity contribution < 1.29 is 71.0 Å². The summed E-state index contributed by atoms with van der Waals surface area (Å²) in [5, 5.41) is 20.9. The van der Waals surface area contributed by atoms with Gasteiger partial charge >= 0.3 is 33.3 Å². The molecule has 0 amide bonds. The average Bonchev–Trinajstić information content (AvgIpc) is 4.06. The van der Waals surface area contributed by atoms with Gasteiger partial charge in [0.1, 0.15) is 30.7 Å². The molecule has 21 heteroatoms. The number of unbranched alkanes of at least 4 members (excludes halogenated alkanes) is 7. The zero-order valence-corrected chi connectivity index (χ0v) is 45.5. The largest absolute Gasteiger partial charge is 0.481 e. The van der Waals surface area contributed by atoms with Crippen LogP contribution < -0.4 is 11.4 Å². The standard InChI is InChI=1S/C54H83N3O16P2/c1-3-5-7-9-11-13-14-15-16-17-18-19-20-21-22-24-26-28-34-38-50(59)70-44(41-67-49(58)37-33-30-29-32-36-46-45(71-46)35-31-27-25-23-12-10-8-6-4-2)42-68-74(63,64)73-75(65,66)69-43-47-51(60)52(61)53(72-47)57-40-39-48(55)56-54(57)62/h11-13,15-16,18-19,21-23,26-29,31-32,39-40,44-47,51-53,60-61H,3-10,14,17,20,24-25,30,33-38,41-43H2,1-2H3,(H,63,64)(H,65,66)(H2,55,56,62)/b13-11-,16-15-,19-18-,22-21-,23-12-,28-26-,31-27-,32-29-/t44-,45?,46?,47-,51-,52-,53-/m1/s1. The fourth-order valence-electron chi connectivity index (χ4n) is 7.33.